The summed E-state index contributed by atoms with van der Waals surface area (Å²) in [6, 6.07) is 14.6. The van der Waals surface area contributed by atoms with Gasteiger partial charge in [0, 0.05) is 17.3 Å². The number of halogens is 1. The van der Waals surface area contributed by atoms with Gasteiger partial charge in [0.05, 0.1) is 30.8 Å². The Morgan fingerprint density at radius 3 is 2.52 bits per heavy atom. The maximum absolute atomic E-state index is 14.9. The van der Waals surface area contributed by atoms with Crippen molar-refractivity contribution in [2.75, 3.05) is 24.7 Å². The van der Waals surface area contributed by atoms with Crippen molar-refractivity contribution in [1.29, 1.82) is 0 Å². The van der Waals surface area contributed by atoms with Gasteiger partial charge in [0.15, 0.2) is 0 Å². The molecule has 3 unspecified atom stereocenters. The van der Waals surface area contributed by atoms with E-state index in [1.165, 1.54) is 4.90 Å². The molecule has 5 rings (SSSR count). The monoisotopic (exact) mass is 620 g/mol. The zero-order valence-corrected chi connectivity index (χ0v) is 26.1. The number of likely N-dealkylation sites (tertiary alicyclic amines) is 1. The van der Waals surface area contributed by atoms with E-state index < -0.39 is 41.1 Å². The lowest BCUT2D eigenvalue weighted by atomic mass is 9.62. The maximum Gasteiger partial charge on any atom is 0.312 e. The second kappa shape index (κ2) is 12.9. The van der Waals surface area contributed by atoms with Crippen LogP contribution in [0.5, 0.6) is 0 Å². The number of esters is 1. The Bertz CT molecular complexity index is 1400. The molecule has 0 aromatic heterocycles. The Balaban J connectivity index is 1.61. The molecule has 2 amide bonds. The van der Waals surface area contributed by atoms with Crippen LogP contribution in [-0.2, 0) is 30.3 Å². The molecule has 9 heteroatoms. The Kier molecular flexibility index (Phi) is 9.35. The normalized spacial score (nSPS) is 29.3. The number of rotatable bonds is 13. The lowest BCUT2D eigenvalue weighted by Gasteiger charge is -2.39. The number of ether oxygens (including phenoxy) is 2. The van der Waals surface area contributed by atoms with Crippen LogP contribution in [0, 0.1) is 17.8 Å². The van der Waals surface area contributed by atoms with Gasteiger partial charge in [-0.3, -0.25) is 14.4 Å². The van der Waals surface area contributed by atoms with Gasteiger partial charge >= 0.3 is 5.97 Å². The summed E-state index contributed by atoms with van der Waals surface area (Å²) < 4.78 is 12.6. The summed E-state index contributed by atoms with van der Waals surface area (Å²) in [6.07, 6.45) is 5.42. The lowest BCUT2D eigenvalue weighted by Crippen LogP contribution is -2.59. The number of anilines is 1. The predicted molar refractivity (Wildman–Crippen MR) is 169 cm³/mol. The molecule has 0 saturated carbocycles. The van der Waals surface area contributed by atoms with E-state index in [4.69, 9.17) is 21.1 Å². The Morgan fingerprint density at radius 2 is 1.89 bits per heavy atom. The minimum absolute atomic E-state index is 0.141. The van der Waals surface area contributed by atoms with Crippen LogP contribution in [0.4, 0.5) is 5.69 Å². The number of nitrogens with zero attached hydrogens (tertiary/aromatic N) is 2. The van der Waals surface area contributed by atoms with Gasteiger partial charge in [0.1, 0.15) is 17.6 Å². The summed E-state index contributed by atoms with van der Waals surface area (Å²) in [7, 11) is 0. The molecule has 8 nitrogen and oxygen atoms in total. The highest BCUT2D eigenvalue weighted by molar-refractivity contribution is 6.30. The van der Waals surface area contributed by atoms with E-state index in [1.54, 1.807) is 41.3 Å². The average Bonchev–Trinajstić information content (AvgIpc) is 3.54. The minimum atomic E-state index is -1.29. The summed E-state index contributed by atoms with van der Waals surface area (Å²) >= 11 is 6.16. The van der Waals surface area contributed by atoms with Crippen molar-refractivity contribution in [3.05, 3.63) is 90.5 Å². The van der Waals surface area contributed by atoms with Crippen molar-refractivity contribution in [3.8, 4) is 0 Å². The van der Waals surface area contributed by atoms with Gasteiger partial charge in [-0.1, -0.05) is 61.0 Å². The molecule has 0 radical (unpaired) electrons. The van der Waals surface area contributed by atoms with Crippen molar-refractivity contribution < 1.29 is 29.0 Å². The largest absolute Gasteiger partial charge is 0.465 e. The Labute approximate surface area is 264 Å². The predicted octanol–water partition coefficient (Wildman–Crippen LogP) is 4.98. The first-order chi connectivity index (χ1) is 21.1. The van der Waals surface area contributed by atoms with E-state index in [1.807, 2.05) is 44.2 Å². The number of hydrogen-bond acceptors (Lipinski definition) is 6. The number of allylic oxidation sites excluding steroid dienone is 1. The number of benzene rings is 2. The minimum Gasteiger partial charge on any atom is -0.465 e. The lowest BCUT2D eigenvalue weighted by molar-refractivity contribution is -0.162. The molecule has 3 fully saturated rings. The van der Waals surface area contributed by atoms with Gasteiger partial charge in [0.25, 0.3) is 5.91 Å². The molecule has 2 aromatic carbocycles. The first kappa shape index (κ1) is 31.9. The summed E-state index contributed by atoms with van der Waals surface area (Å²) in [6.45, 7) is 11.4. The number of carbonyl (C=O) groups is 3. The van der Waals surface area contributed by atoms with Crippen LogP contribution >= 0.6 is 11.6 Å². The van der Waals surface area contributed by atoms with Crippen LogP contribution < -0.4 is 4.90 Å². The zero-order valence-electron chi connectivity index (χ0n) is 25.4. The van der Waals surface area contributed by atoms with E-state index in [0.717, 1.165) is 5.56 Å². The maximum atomic E-state index is 14.9. The average molecular weight is 621 g/mol. The third-order valence-corrected chi connectivity index (χ3v) is 9.92. The van der Waals surface area contributed by atoms with Crippen molar-refractivity contribution in [2.24, 2.45) is 17.8 Å². The molecule has 3 aliphatic rings. The van der Waals surface area contributed by atoms with Gasteiger partial charge in [-0.15, -0.1) is 13.2 Å². The van der Waals surface area contributed by atoms with Crippen LogP contribution in [0.3, 0.4) is 0 Å². The molecular formula is C35H41ClN2O6. The first-order valence-corrected chi connectivity index (χ1v) is 15.6. The van der Waals surface area contributed by atoms with E-state index in [9.17, 15) is 19.5 Å². The number of carbonyl (C=O) groups excluding carboxylic acids is 3. The van der Waals surface area contributed by atoms with Crippen molar-refractivity contribution >= 4 is 35.1 Å². The van der Waals surface area contributed by atoms with Crippen molar-refractivity contribution in [2.45, 2.75) is 62.8 Å². The fourth-order valence-corrected chi connectivity index (χ4v) is 7.68. The highest BCUT2D eigenvalue weighted by atomic mass is 35.5. The zero-order chi connectivity index (χ0) is 31.6. The van der Waals surface area contributed by atoms with Crippen LogP contribution in [-0.4, -0.2) is 70.8 Å². The summed E-state index contributed by atoms with van der Waals surface area (Å²) in [5.74, 6) is -3.23. The van der Waals surface area contributed by atoms with Crippen molar-refractivity contribution in [3.63, 3.8) is 0 Å². The SMILES string of the molecule is C=CCCCOC(=O)[C@H]1[C@H]2C(=O)N([C@@H](CO)Cc3ccccc3)C(C(=O)N(CC=C)c3ccc(Cl)cc3)C23CC(C)[C@]1(C)O3. The standard InChI is InChI=1S/C35H41ClN2O6/c1-5-7-11-19-43-33(42)29-28-31(40)38(27(22-39)20-24-12-9-8-10-13-24)30(35(28)21-23(3)34(29,4)44-35)32(41)37(18-6-2)26-16-14-25(36)15-17-26/h5-6,8-10,12-17,23,27-30,39H,1-2,7,11,18-22H2,3-4H3/t23?,27-,28+,29-,30?,34+,35?/m1/s1. The molecule has 0 aliphatic carbocycles. The molecule has 7 atom stereocenters. The van der Waals surface area contributed by atoms with Crippen LogP contribution in [0.25, 0.3) is 0 Å². The highest BCUT2D eigenvalue weighted by Crippen LogP contribution is 2.65. The molecule has 3 heterocycles. The number of aliphatic hydroxyl groups is 1. The van der Waals surface area contributed by atoms with Crippen LogP contribution in [0.1, 0.15) is 38.7 Å². The highest BCUT2D eigenvalue weighted by Gasteiger charge is 2.80. The van der Waals surface area contributed by atoms with E-state index in [0.29, 0.717) is 36.4 Å². The number of unbranched alkanes of at least 4 members (excludes halogenated alkanes) is 1. The molecule has 1 spiro atoms. The summed E-state index contributed by atoms with van der Waals surface area (Å²) in [5.41, 5.74) is -0.800. The summed E-state index contributed by atoms with van der Waals surface area (Å²) in [4.78, 5) is 46.4. The molecule has 2 aromatic rings. The van der Waals surface area contributed by atoms with Gasteiger partial charge in [0.2, 0.25) is 5.91 Å². The fraction of sp³-hybridized carbons (Fsp3) is 0.457. The number of hydrogen-bond donors (Lipinski definition) is 1. The smallest absolute Gasteiger partial charge is 0.312 e. The van der Waals surface area contributed by atoms with Crippen LogP contribution in [0.15, 0.2) is 79.9 Å². The second-order valence-corrected chi connectivity index (χ2v) is 12.7. The number of fused-ring (bicyclic) bond motifs is 1. The topological polar surface area (TPSA) is 96.4 Å². The molecular weight excluding hydrogens is 580 g/mol. The van der Waals surface area contributed by atoms with E-state index in [2.05, 4.69) is 13.2 Å². The van der Waals surface area contributed by atoms with Crippen molar-refractivity contribution in [1.82, 2.24) is 4.90 Å². The molecule has 2 bridgehead atoms. The molecule has 3 saturated heterocycles. The second-order valence-electron chi connectivity index (χ2n) is 12.3. The Morgan fingerprint density at radius 1 is 1.18 bits per heavy atom. The molecule has 1 N–H and O–H groups in total. The van der Waals surface area contributed by atoms with Gasteiger partial charge in [-0.05, 0) is 68.4 Å². The third-order valence-electron chi connectivity index (χ3n) is 9.67. The van der Waals surface area contributed by atoms with E-state index in [-0.39, 0.29) is 37.5 Å². The first-order valence-electron chi connectivity index (χ1n) is 15.3. The van der Waals surface area contributed by atoms with Gasteiger partial charge < -0.3 is 24.4 Å². The summed E-state index contributed by atoms with van der Waals surface area (Å²) in [5, 5.41) is 11.3. The van der Waals surface area contributed by atoms with Gasteiger partial charge in [-0.2, -0.15) is 0 Å². The van der Waals surface area contributed by atoms with Gasteiger partial charge in [-0.25, -0.2) is 0 Å². The van der Waals surface area contributed by atoms with Crippen LogP contribution in [0.2, 0.25) is 5.02 Å². The fourth-order valence-electron chi connectivity index (χ4n) is 7.56. The number of aliphatic hydroxyl groups excluding tert-OH is 1. The quantitative estimate of drug-likeness (QED) is 0.193. The number of amides is 2. The van der Waals surface area contributed by atoms with E-state index >= 15 is 0 Å². The molecule has 44 heavy (non-hydrogen) atoms. The third kappa shape index (κ3) is 5.37. The molecule has 234 valence electrons. The molecule has 3 aliphatic heterocycles. The Hall–Kier alpha value is -3.46.